The van der Waals surface area contributed by atoms with Crippen molar-refractivity contribution in [1.82, 2.24) is 0 Å². The van der Waals surface area contributed by atoms with Crippen LogP contribution in [0.4, 0.5) is 0 Å². The maximum absolute atomic E-state index is 11.8. The highest BCUT2D eigenvalue weighted by molar-refractivity contribution is 5.83. The summed E-state index contributed by atoms with van der Waals surface area (Å²) in [7, 11) is 0. The first-order valence-electron chi connectivity index (χ1n) is 8.87. The van der Waals surface area contributed by atoms with Crippen LogP contribution in [0.15, 0.2) is 42.5 Å². The van der Waals surface area contributed by atoms with E-state index in [1.165, 1.54) is 0 Å². The summed E-state index contributed by atoms with van der Waals surface area (Å²) in [5, 5.41) is 2.27. The molecule has 0 N–H and O–H groups in total. The van der Waals surface area contributed by atoms with Gasteiger partial charge in [0.2, 0.25) is 0 Å². The van der Waals surface area contributed by atoms with Gasteiger partial charge >= 0.3 is 11.9 Å². The fourth-order valence-corrected chi connectivity index (χ4v) is 2.54. The Bertz CT molecular complexity index is 813. The predicted octanol–water partition coefficient (Wildman–Crippen LogP) is 4.40. The van der Waals surface area contributed by atoms with E-state index in [0.717, 1.165) is 16.3 Å². The molecule has 0 aromatic heterocycles. The Morgan fingerprint density at radius 1 is 1.04 bits per heavy atom. The van der Waals surface area contributed by atoms with Crippen molar-refractivity contribution in [3.63, 3.8) is 0 Å². The molecule has 136 valence electrons. The molecule has 0 saturated heterocycles. The molecular weight excluding hydrogens is 328 g/mol. The summed E-state index contributed by atoms with van der Waals surface area (Å²) in [6.45, 7) is 3.85. The maximum Gasteiger partial charge on any atom is 0.307 e. The Kier molecular flexibility index (Phi) is 7.70. The lowest BCUT2D eigenvalue weighted by Gasteiger charge is -2.10. The van der Waals surface area contributed by atoms with Crippen molar-refractivity contribution in [2.45, 2.75) is 52.2 Å². The van der Waals surface area contributed by atoms with Gasteiger partial charge in [0.05, 0.1) is 0 Å². The molecular formula is C22H24O4. The second-order valence-electron chi connectivity index (χ2n) is 5.98. The van der Waals surface area contributed by atoms with Gasteiger partial charge in [-0.05, 0) is 42.2 Å². The molecule has 2 aromatic carbocycles. The monoisotopic (exact) mass is 352 g/mol. The van der Waals surface area contributed by atoms with E-state index in [2.05, 4.69) is 11.8 Å². The van der Waals surface area contributed by atoms with Gasteiger partial charge < -0.3 is 9.47 Å². The zero-order valence-corrected chi connectivity index (χ0v) is 15.3. The maximum atomic E-state index is 11.8. The molecule has 4 heteroatoms. The fourth-order valence-electron chi connectivity index (χ4n) is 2.54. The van der Waals surface area contributed by atoms with Gasteiger partial charge in [0.25, 0.3) is 0 Å². The molecule has 0 fully saturated rings. The first-order valence-corrected chi connectivity index (χ1v) is 8.87. The average Bonchev–Trinajstić information content (AvgIpc) is 2.65. The molecule has 0 saturated carbocycles. The van der Waals surface area contributed by atoms with Crippen LogP contribution in [0, 0.1) is 11.8 Å². The van der Waals surface area contributed by atoms with Gasteiger partial charge in [-0.15, -0.1) is 5.92 Å². The summed E-state index contributed by atoms with van der Waals surface area (Å²) in [6, 6.07) is 14.0. The zero-order valence-electron chi connectivity index (χ0n) is 15.3. The van der Waals surface area contributed by atoms with Crippen LogP contribution in [0.25, 0.3) is 10.8 Å². The molecule has 0 aliphatic heterocycles. The molecule has 0 heterocycles. The number of benzene rings is 2. The number of carbonyl (C=O) groups is 2. The van der Waals surface area contributed by atoms with Gasteiger partial charge in [0.1, 0.15) is 6.61 Å². The quantitative estimate of drug-likeness (QED) is 0.522. The van der Waals surface area contributed by atoms with Crippen molar-refractivity contribution in [2.75, 3.05) is 0 Å². The summed E-state index contributed by atoms with van der Waals surface area (Å²) in [6.07, 6.45) is 1.07. The summed E-state index contributed by atoms with van der Waals surface area (Å²) in [4.78, 5) is 23.6. The van der Waals surface area contributed by atoms with Gasteiger partial charge in [0, 0.05) is 12.8 Å². The van der Waals surface area contributed by atoms with E-state index in [0.29, 0.717) is 12.8 Å². The van der Waals surface area contributed by atoms with E-state index >= 15 is 0 Å². The summed E-state index contributed by atoms with van der Waals surface area (Å²) >= 11 is 0. The molecule has 0 radical (unpaired) electrons. The smallest absolute Gasteiger partial charge is 0.307 e. The van der Waals surface area contributed by atoms with Gasteiger partial charge in [-0.1, -0.05) is 49.2 Å². The van der Waals surface area contributed by atoms with Crippen LogP contribution < -0.4 is 0 Å². The topological polar surface area (TPSA) is 52.6 Å². The minimum Gasteiger partial charge on any atom is -0.461 e. The SMILES string of the molecule is CC#CC(CC)OC(=O)CCCC(=O)OCc1ccc2ccccc2c1. The zero-order chi connectivity index (χ0) is 18.8. The van der Waals surface area contributed by atoms with E-state index < -0.39 is 0 Å². The summed E-state index contributed by atoms with van der Waals surface area (Å²) in [5.74, 6) is 4.92. The second kappa shape index (κ2) is 10.2. The molecule has 0 amide bonds. The van der Waals surface area contributed by atoms with Gasteiger partial charge in [0.15, 0.2) is 6.10 Å². The lowest BCUT2D eigenvalue weighted by Crippen LogP contribution is -2.16. The molecule has 26 heavy (non-hydrogen) atoms. The van der Waals surface area contributed by atoms with Crippen molar-refractivity contribution < 1.29 is 19.1 Å². The molecule has 0 spiro atoms. The number of ether oxygens (including phenoxy) is 2. The highest BCUT2D eigenvalue weighted by Crippen LogP contribution is 2.16. The van der Waals surface area contributed by atoms with Crippen molar-refractivity contribution >= 4 is 22.7 Å². The number of fused-ring (bicyclic) bond motifs is 1. The number of rotatable bonds is 8. The molecule has 0 bridgehead atoms. The van der Waals surface area contributed by atoms with Crippen LogP contribution in [0.5, 0.6) is 0 Å². The Balaban J connectivity index is 1.71. The van der Waals surface area contributed by atoms with E-state index in [1.54, 1.807) is 6.92 Å². The van der Waals surface area contributed by atoms with Gasteiger partial charge in [-0.2, -0.15) is 0 Å². The molecule has 1 unspecified atom stereocenters. The average molecular weight is 352 g/mol. The molecule has 2 rings (SSSR count). The molecule has 0 aliphatic rings. The van der Waals surface area contributed by atoms with E-state index in [4.69, 9.17) is 9.47 Å². The van der Waals surface area contributed by atoms with Crippen LogP contribution in [0.2, 0.25) is 0 Å². The Morgan fingerprint density at radius 2 is 1.77 bits per heavy atom. The van der Waals surface area contributed by atoms with Crippen LogP contribution in [0.1, 0.15) is 45.1 Å². The molecule has 2 aromatic rings. The minimum atomic E-state index is -0.368. The highest BCUT2D eigenvalue weighted by Gasteiger charge is 2.11. The van der Waals surface area contributed by atoms with Crippen molar-refractivity contribution in [3.05, 3.63) is 48.0 Å². The standard InChI is InChI=1S/C22H24O4/c1-3-8-20(4-2)26-22(24)12-7-11-21(23)25-16-17-13-14-18-9-5-6-10-19(18)15-17/h5-6,9-10,13-15,20H,4,7,11-12,16H2,1-2H3. The summed E-state index contributed by atoms with van der Waals surface area (Å²) < 4.78 is 10.5. The van der Waals surface area contributed by atoms with Crippen molar-refractivity contribution in [2.24, 2.45) is 0 Å². The Hall–Kier alpha value is -2.80. The number of carbonyl (C=O) groups excluding carboxylic acids is 2. The molecule has 0 aliphatic carbocycles. The fraction of sp³-hybridized carbons (Fsp3) is 0.364. The lowest BCUT2D eigenvalue weighted by molar-refractivity contribution is -0.147. The highest BCUT2D eigenvalue weighted by atomic mass is 16.5. The minimum absolute atomic E-state index is 0.187. The van der Waals surface area contributed by atoms with E-state index in [9.17, 15) is 9.59 Å². The van der Waals surface area contributed by atoms with Gasteiger partial charge in [-0.3, -0.25) is 9.59 Å². The third-order valence-corrected chi connectivity index (χ3v) is 3.93. The predicted molar refractivity (Wildman–Crippen MR) is 101 cm³/mol. The number of esters is 2. The van der Waals surface area contributed by atoms with E-state index in [1.807, 2.05) is 49.4 Å². The van der Waals surface area contributed by atoms with Crippen LogP contribution in [-0.2, 0) is 25.7 Å². The van der Waals surface area contributed by atoms with Gasteiger partial charge in [-0.25, -0.2) is 0 Å². The summed E-state index contributed by atoms with van der Waals surface area (Å²) in [5.41, 5.74) is 0.945. The third-order valence-electron chi connectivity index (χ3n) is 3.93. The van der Waals surface area contributed by atoms with Crippen LogP contribution in [0.3, 0.4) is 0 Å². The lowest BCUT2D eigenvalue weighted by atomic mass is 10.1. The first-order chi connectivity index (χ1) is 12.6. The Labute approximate surface area is 154 Å². The second-order valence-corrected chi connectivity index (χ2v) is 5.98. The van der Waals surface area contributed by atoms with Crippen molar-refractivity contribution in [1.29, 1.82) is 0 Å². The largest absolute Gasteiger partial charge is 0.461 e. The molecule has 1 atom stereocenters. The number of hydrogen-bond donors (Lipinski definition) is 0. The number of hydrogen-bond acceptors (Lipinski definition) is 4. The van der Waals surface area contributed by atoms with E-state index in [-0.39, 0.29) is 37.5 Å². The molecule has 4 nitrogen and oxygen atoms in total. The Morgan fingerprint density at radius 3 is 2.50 bits per heavy atom. The first kappa shape index (κ1) is 19.5. The van der Waals surface area contributed by atoms with Crippen LogP contribution >= 0.6 is 0 Å². The van der Waals surface area contributed by atoms with Crippen molar-refractivity contribution in [3.8, 4) is 11.8 Å². The normalized spacial score (nSPS) is 11.3. The third kappa shape index (κ3) is 6.25. The van der Waals surface area contributed by atoms with Crippen LogP contribution in [-0.4, -0.2) is 18.0 Å².